The maximum absolute atomic E-state index is 9.80. The highest BCUT2D eigenvalue weighted by Gasteiger charge is 2.42. The van der Waals surface area contributed by atoms with Gasteiger partial charge in [-0.1, -0.05) is 11.6 Å². The second-order valence-electron chi connectivity index (χ2n) is 3.66. The third-order valence-electron chi connectivity index (χ3n) is 2.51. The second kappa shape index (κ2) is 2.63. The standard InChI is InChI=1S/C10H11ClO2/c1-6-4-7(10(13)2-3-10)5-8(11)9(6)12/h4-5,12-13H,2-3H2,1H3. The lowest BCUT2D eigenvalue weighted by Crippen LogP contribution is -2.04. The fourth-order valence-corrected chi connectivity index (χ4v) is 1.68. The molecule has 0 bridgehead atoms. The number of aromatic hydroxyl groups is 1. The van der Waals surface area contributed by atoms with Crippen molar-refractivity contribution in [2.75, 3.05) is 0 Å². The molecule has 3 heteroatoms. The summed E-state index contributed by atoms with van der Waals surface area (Å²) in [7, 11) is 0. The van der Waals surface area contributed by atoms with E-state index in [1.165, 1.54) is 0 Å². The zero-order valence-electron chi connectivity index (χ0n) is 7.34. The second-order valence-corrected chi connectivity index (χ2v) is 4.06. The first-order valence-corrected chi connectivity index (χ1v) is 4.63. The van der Waals surface area contributed by atoms with Crippen LogP contribution in [0.5, 0.6) is 5.75 Å². The van der Waals surface area contributed by atoms with Crippen LogP contribution >= 0.6 is 11.6 Å². The van der Waals surface area contributed by atoms with Gasteiger partial charge in [0.2, 0.25) is 0 Å². The number of aliphatic hydroxyl groups is 1. The van der Waals surface area contributed by atoms with Gasteiger partial charge in [0.25, 0.3) is 0 Å². The Bertz CT molecular complexity index is 333. The summed E-state index contributed by atoms with van der Waals surface area (Å²) in [5.74, 6) is 0.106. The lowest BCUT2D eigenvalue weighted by molar-refractivity contribution is 0.151. The molecule has 0 aromatic heterocycles. The molecule has 0 heterocycles. The summed E-state index contributed by atoms with van der Waals surface area (Å²) in [6, 6.07) is 3.42. The molecular weight excluding hydrogens is 188 g/mol. The summed E-state index contributed by atoms with van der Waals surface area (Å²) in [6.45, 7) is 1.77. The zero-order chi connectivity index (χ0) is 9.64. The normalized spacial score (nSPS) is 18.7. The van der Waals surface area contributed by atoms with Crippen molar-refractivity contribution < 1.29 is 10.2 Å². The third kappa shape index (κ3) is 1.40. The molecule has 1 saturated carbocycles. The Balaban J connectivity index is 2.50. The van der Waals surface area contributed by atoms with Gasteiger partial charge in [-0.05, 0) is 43.0 Å². The molecule has 0 spiro atoms. The van der Waals surface area contributed by atoms with Crippen LogP contribution < -0.4 is 0 Å². The summed E-state index contributed by atoms with van der Waals surface area (Å²) in [4.78, 5) is 0. The first-order chi connectivity index (χ1) is 6.03. The summed E-state index contributed by atoms with van der Waals surface area (Å²) in [6.07, 6.45) is 1.57. The maximum atomic E-state index is 9.80. The molecule has 2 nitrogen and oxygen atoms in total. The van der Waals surface area contributed by atoms with Crippen LogP contribution in [0.3, 0.4) is 0 Å². The molecule has 0 radical (unpaired) electrons. The van der Waals surface area contributed by atoms with Crippen molar-refractivity contribution in [3.8, 4) is 5.75 Å². The molecule has 0 amide bonds. The van der Waals surface area contributed by atoms with E-state index in [1.54, 1.807) is 19.1 Å². The summed E-state index contributed by atoms with van der Waals surface area (Å²) < 4.78 is 0. The highest BCUT2D eigenvalue weighted by atomic mass is 35.5. The van der Waals surface area contributed by atoms with E-state index in [-0.39, 0.29) is 5.75 Å². The van der Waals surface area contributed by atoms with Gasteiger partial charge in [-0.2, -0.15) is 0 Å². The van der Waals surface area contributed by atoms with Crippen molar-refractivity contribution in [2.45, 2.75) is 25.4 Å². The number of hydrogen-bond donors (Lipinski definition) is 2. The van der Waals surface area contributed by atoms with Crippen molar-refractivity contribution in [3.05, 3.63) is 28.3 Å². The maximum Gasteiger partial charge on any atom is 0.137 e. The predicted molar refractivity (Wildman–Crippen MR) is 51.0 cm³/mol. The van der Waals surface area contributed by atoms with Gasteiger partial charge in [0.1, 0.15) is 5.75 Å². The van der Waals surface area contributed by atoms with E-state index in [1.807, 2.05) is 0 Å². The van der Waals surface area contributed by atoms with Crippen LogP contribution in [-0.4, -0.2) is 10.2 Å². The Hall–Kier alpha value is -0.730. The quantitative estimate of drug-likeness (QED) is 0.727. The third-order valence-corrected chi connectivity index (χ3v) is 2.80. The molecule has 0 aliphatic heterocycles. The minimum absolute atomic E-state index is 0.106. The molecule has 0 saturated heterocycles. The fourth-order valence-electron chi connectivity index (χ4n) is 1.41. The van der Waals surface area contributed by atoms with Crippen molar-refractivity contribution in [3.63, 3.8) is 0 Å². The average molecular weight is 199 g/mol. The minimum atomic E-state index is -0.678. The van der Waals surface area contributed by atoms with Gasteiger partial charge in [0, 0.05) is 0 Å². The van der Waals surface area contributed by atoms with E-state index in [0.717, 1.165) is 18.4 Å². The molecule has 0 unspecified atom stereocenters. The molecule has 1 aliphatic carbocycles. The SMILES string of the molecule is Cc1cc(C2(O)CC2)cc(Cl)c1O. The Morgan fingerprint density at radius 2 is 2.00 bits per heavy atom. The molecule has 1 aliphatic rings. The van der Waals surface area contributed by atoms with Crippen LogP contribution in [0.1, 0.15) is 24.0 Å². The van der Waals surface area contributed by atoms with Gasteiger partial charge in [-0.3, -0.25) is 0 Å². The Morgan fingerprint density at radius 1 is 1.38 bits per heavy atom. The zero-order valence-corrected chi connectivity index (χ0v) is 8.10. The number of phenols is 1. The van der Waals surface area contributed by atoms with Gasteiger partial charge in [-0.25, -0.2) is 0 Å². The molecule has 13 heavy (non-hydrogen) atoms. The predicted octanol–water partition coefficient (Wildman–Crippen LogP) is 2.34. The first kappa shape index (κ1) is 8.85. The van der Waals surface area contributed by atoms with E-state index in [9.17, 15) is 10.2 Å². The number of rotatable bonds is 1. The van der Waals surface area contributed by atoms with E-state index in [0.29, 0.717) is 10.6 Å². The smallest absolute Gasteiger partial charge is 0.137 e. The molecule has 2 N–H and O–H groups in total. The summed E-state index contributed by atoms with van der Waals surface area (Å²) in [5.41, 5.74) is 0.845. The Labute approximate surface area is 81.8 Å². The van der Waals surface area contributed by atoms with Gasteiger partial charge in [0.05, 0.1) is 10.6 Å². The van der Waals surface area contributed by atoms with Crippen LogP contribution in [0.2, 0.25) is 5.02 Å². The number of aryl methyl sites for hydroxylation is 1. The molecule has 2 rings (SSSR count). The van der Waals surface area contributed by atoms with E-state index in [2.05, 4.69) is 0 Å². The highest BCUT2D eigenvalue weighted by molar-refractivity contribution is 6.32. The number of phenolic OH excluding ortho intramolecular Hbond substituents is 1. The lowest BCUT2D eigenvalue weighted by atomic mass is 10.0. The average Bonchev–Trinajstić information content (AvgIpc) is 2.80. The summed E-state index contributed by atoms with van der Waals surface area (Å²) in [5, 5.41) is 19.5. The summed E-state index contributed by atoms with van der Waals surface area (Å²) >= 11 is 5.79. The topological polar surface area (TPSA) is 40.5 Å². The van der Waals surface area contributed by atoms with E-state index >= 15 is 0 Å². The number of benzene rings is 1. The molecule has 1 fully saturated rings. The fraction of sp³-hybridized carbons (Fsp3) is 0.400. The van der Waals surface area contributed by atoms with Crippen molar-refractivity contribution >= 4 is 11.6 Å². The highest BCUT2D eigenvalue weighted by Crippen LogP contribution is 2.47. The van der Waals surface area contributed by atoms with Crippen LogP contribution in [0.15, 0.2) is 12.1 Å². The largest absolute Gasteiger partial charge is 0.506 e. The van der Waals surface area contributed by atoms with Crippen LogP contribution in [0, 0.1) is 6.92 Å². The molecule has 0 atom stereocenters. The molecule has 1 aromatic carbocycles. The lowest BCUT2D eigenvalue weighted by Gasteiger charge is -2.10. The molecule has 70 valence electrons. The van der Waals surface area contributed by atoms with Crippen LogP contribution in [-0.2, 0) is 5.60 Å². The van der Waals surface area contributed by atoms with Crippen LogP contribution in [0.4, 0.5) is 0 Å². The number of halogens is 1. The van der Waals surface area contributed by atoms with Gasteiger partial charge < -0.3 is 10.2 Å². The Morgan fingerprint density at radius 3 is 2.46 bits per heavy atom. The van der Waals surface area contributed by atoms with E-state index < -0.39 is 5.60 Å². The van der Waals surface area contributed by atoms with Crippen molar-refractivity contribution in [1.29, 1.82) is 0 Å². The molecular formula is C10H11ClO2. The van der Waals surface area contributed by atoms with Crippen LogP contribution in [0.25, 0.3) is 0 Å². The van der Waals surface area contributed by atoms with Gasteiger partial charge in [-0.15, -0.1) is 0 Å². The van der Waals surface area contributed by atoms with Crippen molar-refractivity contribution in [2.24, 2.45) is 0 Å². The minimum Gasteiger partial charge on any atom is -0.506 e. The number of hydrogen-bond acceptors (Lipinski definition) is 2. The Kier molecular flexibility index (Phi) is 1.79. The van der Waals surface area contributed by atoms with Gasteiger partial charge in [0.15, 0.2) is 0 Å². The monoisotopic (exact) mass is 198 g/mol. The van der Waals surface area contributed by atoms with Gasteiger partial charge >= 0.3 is 0 Å². The van der Waals surface area contributed by atoms with E-state index in [4.69, 9.17) is 11.6 Å². The van der Waals surface area contributed by atoms with Crippen molar-refractivity contribution in [1.82, 2.24) is 0 Å². The first-order valence-electron chi connectivity index (χ1n) is 4.25. The molecule has 1 aromatic rings.